The Morgan fingerprint density at radius 1 is 1.29 bits per heavy atom. The van der Waals surface area contributed by atoms with Crippen molar-refractivity contribution in [3.8, 4) is 5.75 Å². The summed E-state index contributed by atoms with van der Waals surface area (Å²) in [5.74, 6) is 3.33. The normalized spacial score (nSPS) is 17.0. The molecule has 3 rings (SSSR count). The first-order chi connectivity index (χ1) is 13.5. The summed E-state index contributed by atoms with van der Waals surface area (Å²) in [4.78, 5) is 4.75. The van der Waals surface area contributed by atoms with E-state index in [1.807, 2.05) is 30.7 Å². The summed E-state index contributed by atoms with van der Waals surface area (Å²) in [5, 5.41) is 15.1. The number of aromatic nitrogens is 3. The zero-order valence-corrected chi connectivity index (χ0v) is 17.2. The van der Waals surface area contributed by atoms with Crippen LogP contribution in [0, 0.1) is 13.8 Å². The lowest BCUT2D eigenvalue weighted by Crippen LogP contribution is -2.41. The molecular formula is C20H30N6O2. The summed E-state index contributed by atoms with van der Waals surface area (Å²) in [5.41, 5.74) is 2.26. The maximum absolute atomic E-state index is 5.71. The molecule has 1 atom stereocenters. The Morgan fingerprint density at radius 3 is 2.82 bits per heavy atom. The minimum atomic E-state index is 0.239. The summed E-state index contributed by atoms with van der Waals surface area (Å²) in [6, 6.07) is 6.15. The van der Waals surface area contributed by atoms with Crippen molar-refractivity contribution in [2.75, 3.05) is 20.3 Å². The van der Waals surface area contributed by atoms with Crippen molar-refractivity contribution in [1.29, 1.82) is 0 Å². The number of rotatable bonds is 7. The molecule has 0 aliphatic carbocycles. The Kier molecular flexibility index (Phi) is 6.86. The quantitative estimate of drug-likeness (QED) is 0.558. The van der Waals surface area contributed by atoms with Crippen molar-refractivity contribution in [1.82, 2.24) is 25.4 Å². The lowest BCUT2D eigenvalue weighted by atomic mass is 10.1. The maximum atomic E-state index is 5.71. The molecule has 0 bridgehead atoms. The summed E-state index contributed by atoms with van der Waals surface area (Å²) >= 11 is 0. The maximum Gasteiger partial charge on any atom is 0.192 e. The van der Waals surface area contributed by atoms with Gasteiger partial charge in [0.25, 0.3) is 0 Å². The van der Waals surface area contributed by atoms with Gasteiger partial charge in [-0.2, -0.15) is 0 Å². The van der Waals surface area contributed by atoms with Gasteiger partial charge in [-0.3, -0.25) is 0 Å². The molecular weight excluding hydrogens is 356 g/mol. The third-order valence-electron chi connectivity index (χ3n) is 4.88. The van der Waals surface area contributed by atoms with E-state index < -0.39 is 0 Å². The van der Waals surface area contributed by atoms with E-state index in [-0.39, 0.29) is 6.10 Å². The molecule has 28 heavy (non-hydrogen) atoms. The SMILES string of the molecule is COc1cc(C)cc(CN=C(NCc2nnc(C)n2C)NCC2CCCO2)c1. The zero-order valence-electron chi connectivity index (χ0n) is 17.2. The topological polar surface area (TPSA) is 85.6 Å². The second kappa shape index (κ2) is 9.54. The molecule has 152 valence electrons. The highest BCUT2D eigenvalue weighted by atomic mass is 16.5. The van der Waals surface area contributed by atoms with Gasteiger partial charge in [-0.15, -0.1) is 10.2 Å². The van der Waals surface area contributed by atoms with Crippen molar-refractivity contribution < 1.29 is 9.47 Å². The van der Waals surface area contributed by atoms with Gasteiger partial charge < -0.3 is 24.7 Å². The second-order valence-electron chi connectivity index (χ2n) is 7.12. The molecule has 1 saturated heterocycles. The van der Waals surface area contributed by atoms with Crippen LogP contribution in [0.1, 0.15) is 35.6 Å². The summed E-state index contributed by atoms with van der Waals surface area (Å²) < 4.78 is 13.0. The van der Waals surface area contributed by atoms with E-state index in [4.69, 9.17) is 14.5 Å². The van der Waals surface area contributed by atoms with Crippen LogP contribution in [-0.2, 0) is 24.9 Å². The molecule has 8 heteroatoms. The number of nitrogens with zero attached hydrogens (tertiary/aromatic N) is 4. The van der Waals surface area contributed by atoms with Crippen molar-refractivity contribution in [3.05, 3.63) is 41.0 Å². The number of hydrogen-bond acceptors (Lipinski definition) is 5. The van der Waals surface area contributed by atoms with Crippen LogP contribution in [0.5, 0.6) is 5.75 Å². The predicted octanol–water partition coefficient (Wildman–Crippen LogP) is 1.85. The standard InChI is InChI=1S/C20H30N6O2/c1-14-8-16(10-18(9-14)27-4)11-21-20(22-12-17-6-5-7-28-17)23-13-19-25-24-15(2)26(19)3/h8-10,17H,5-7,11-13H2,1-4H3,(H2,21,22,23). The van der Waals surface area contributed by atoms with Crippen molar-refractivity contribution in [2.45, 2.75) is 45.9 Å². The van der Waals surface area contributed by atoms with E-state index in [1.165, 1.54) is 0 Å². The van der Waals surface area contributed by atoms with Crippen LogP contribution in [0.15, 0.2) is 23.2 Å². The average molecular weight is 387 g/mol. The van der Waals surface area contributed by atoms with Crippen LogP contribution in [-0.4, -0.2) is 47.1 Å². The largest absolute Gasteiger partial charge is 0.497 e. The fourth-order valence-electron chi connectivity index (χ4n) is 3.16. The fraction of sp³-hybridized carbons (Fsp3) is 0.550. The molecule has 1 aromatic carbocycles. The highest BCUT2D eigenvalue weighted by molar-refractivity contribution is 5.79. The number of benzene rings is 1. The van der Waals surface area contributed by atoms with E-state index in [9.17, 15) is 0 Å². The van der Waals surface area contributed by atoms with E-state index in [0.717, 1.165) is 60.5 Å². The molecule has 1 unspecified atom stereocenters. The number of aliphatic imine (C=N–C) groups is 1. The zero-order chi connectivity index (χ0) is 19.9. The summed E-state index contributed by atoms with van der Waals surface area (Å²) in [6.45, 7) is 6.67. The Balaban J connectivity index is 1.67. The van der Waals surface area contributed by atoms with Crippen LogP contribution >= 0.6 is 0 Å². The molecule has 0 amide bonds. The smallest absolute Gasteiger partial charge is 0.192 e. The van der Waals surface area contributed by atoms with Gasteiger partial charge in [-0.25, -0.2) is 4.99 Å². The Morgan fingerprint density at radius 2 is 2.14 bits per heavy atom. The van der Waals surface area contributed by atoms with Gasteiger partial charge in [0.05, 0.1) is 26.3 Å². The molecule has 1 aliphatic heterocycles. The summed E-state index contributed by atoms with van der Waals surface area (Å²) in [7, 11) is 3.64. The number of aryl methyl sites for hydroxylation is 2. The molecule has 0 saturated carbocycles. The van der Waals surface area contributed by atoms with E-state index in [0.29, 0.717) is 13.1 Å². The fourth-order valence-corrected chi connectivity index (χ4v) is 3.16. The third kappa shape index (κ3) is 5.45. The van der Waals surface area contributed by atoms with Gasteiger partial charge in [0.2, 0.25) is 0 Å². The first kappa shape index (κ1) is 20.1. The number of methoxy groups -OCH3 is 1. The van der Waals surface area contributed by atoms with Crippen molar-refractivity contribution in [2.24, 2.45) is 12.0 Å². The monoisotopic (exact) mass is 386 g/mol. The minimum absolute atomic E-state index is 0.239. The van der Waals surface area contributed by atoms with Gasteiger partial charge >= 0.3 is 0 Å². The van der Waals surface area contributed by atoms with Crippen LogP contribution in [0.4, 0.5) is 0 Å². The number of nitrogens with one attached hydrogen (secondary N) is 2. The molecule has 2 aromatic rings. The second-order valence-corrected chi connectivity index (χ2v) is 7.12. The van der Waals surface area contributed by atoms with Gasteiger partial charge in [0, 0.05) is 20.2 Å². The molecule has 1 aromatic heterocycles. The van der Waals surface area contributed by atoms with E-state index >= 15 is 0 Å². The Labute approximate surface area is 166 Å². The van der Waals surface area contributed by atoms with Crippen molar-refractivity contribution >= 4 is 5.96 Å². The molecule has 1 aliphatic rings. The summed E-state index contributed by atoms with van der Waals surface area (Å²) in [6.07, 6.45) is 2.44. The molecule has 8 nitrogen and oxygen atoms in total. The van der Waals surface area contributed by atoms with Crippen molar-refractivity contribution in [3.63, 3.8) is 0 Å². The minimum Gasteiger partial charge on any atom is -0.497 e. The highest BCUT2D eigenvalue weighted by Crippen LogP contribution is 2.17. The Hall–Kier alpha value is -2.61. The van der Waals surface area contributed by atoms with Crippen LogP contribution in [0.2, 0.25) is 0 Å². The number of hydrogen-bond donors (Lipinski definition) is 2. The average Bonchev–Trinajstić information content (AvgIpc) is 3.32. The van der Waals surface area contributed by atoms with Gasteiger partial charge in [-0.1, -0.05) is 6.07 Å². The number of guanidine groups is 1. The van der Waals surface area contributed by atoms with E-state index in [2.05, 4.69) is 33.8 Å². The first-order valence-corrected chi connectivity index (χ1v) is 9.68. The molecule has 1 fully saturated rings. The van der Waals surface area contributed by atoms with Gasteiger partial charge in [-0.05, 0) is 49.9 Å². The van der Waals surface area contributed by atoms with E-state index in [1.54, 1.807) is 7.11 Å². The highest BCUT2D eigenvalue weighted by Gasteiger charge is 2.16. The molecule has 2 heterocycles. The Bertz CT molecular complexity index is 811. The number of ether oxygens (including phenoxy) is 2. The van der Waals surface area contributed by atoms with Crippen LogP contribution in [0.25, 0.3) is 0 Å². The molecule has 2 N–H and O–H groups in total. The van der Waals surface area contributed by atoms with Gasteiger partial charge in [0.15, 0.2) is 11.8 Å². The molecule has 0 radical (unpaired) electrons. The van der Waals surface area contributed by atoms with Crippen LogP contribution < -0.4 is 15.4 Å². The van der Waals surface area contributed by atoms with Gasteiger partial charge in [0.1, 0.15) is 11.6 Å². The lowest BCUT2D eigenvalue weighted by molar-refractivity contribution is 0.113. The molecule has 0 spiro atoms. The predicted molar refractivity (Wildman–Crippen MR) is 108 cm³/mol. The third-order valence-corrected chi connectivity index (χ3v) is 4.88. The lowest BCUT2D eigenvalue weighted by Gasteiger charge is -2.15. The van der Waals surface area contributed by atoms with Crippen LogP contribution in [0.3, 0.4) is 0 Å². The first-order valence-electron chi connectivity index (χ1n) is 9.68.